The maximum atomic E-state index is 12.5. The van der Waals surface area contributed by atoms with Crippen LogP contribution in [0.4, 0.5) is 11.4 Å². The Bertz CT molecular complexity index is 804. The minimum absolute atomic E-state index is 0.00366. The summed E-state index contributed by atoms with van der Waals surface area (Å²) in [5, 5.41) is 3.51. The van der Waals surface area contributed by atoms with Gasteiger partial charge < -0.3 is 10.2 Å². The molecule has 0 fully saturated rings. The van der Waals surface area contributed by atoms with Crippen LogP contribution in [0.5, 0.6) is 0 Å². The molecular weight excluding hydrogens is 324 g/mol. The van der Waals surface area contributed by atoms with Crippen LogP contribution in [0.15, 0.2) is 42.5 Å². The van der Waals surface area contributed by atoms with E-state index in [1.54, 1.807) is 24.0 Å². The zero-order valence-corrected chi connectivity index (χ0v) is 14.4. The minimum Gasteiger partial charge on any atom is -0.326 e. The van der Waals surface area contributed by atoms with E-state index in [9.17, 15) is 9.59 Å². The molecule has 0 spiro atoms. The van der Waals surface area contributed by atoms with Gasteiger partial charge in [-0.15, -0.1) is 0 Å². The van der Waals surface area contributed by atoms with Crippen LogP contribution >= 0.6 is 11.6 Å². The number of aryl methyl sites for hydroxylation is 1. The van der Waals surface area contributed by atoms with E-state index in [1.165, 1.54) is 0 Å². The molecule has 5 heteroatoms. The lowest BCUT2D eigenvalue weighted by Gasteiger charge is -2.15. The molecule has 2 amide bonds. The van der Waals surface area contributed by atoms with Gasteiger partial charge in [0, 0.05) is 42.2 Å². The maximum absolute atomic E-state index is 12.5. The first kappa shape index (κ1) is 16.5. The van der Waals surface area contributed by atoms with Crippen LogP contribution in [0.2, 0.25) is 5.02 Å². The number of benzene rings is 2. The average molecular weight is 343 g/mol. The normalized spacial score (nSPS) is 16.0. The monoisotopic (exact) mass is 342 g/mol. The Morgan fingerprint density at radius 1 is 1.25 bits per heavy atom. The molecule has 0 saturated carbocycles. The Morgan fingerprint density at radius 2 is 2.00 bits per heavy atom. The lowest BCUT2D eigenvalue weighted by molar-refractivity contribution is -0.118. The van der Waals surface area contributed by atoms with Crippen molar-refractivity contribution in [3.63, 3.8) is 0 Å². The van der Waals surface area contributed by atoms with Crippen LogP contribution in [0.3, 0.4) is 0 Å². The van der Waals surface area contributed by atoms with E-state index in [4.69, 9.17) is 11.6 Å². The van der Waals surface area contributed by atoms with Gasteiger partial charge in [-0.2, -0.15) is 0 Å². The lowest BCUT2D eigenvalue weighted by atomic mass is 9.97. The van der Waals surface area contributed by atoms with Gasteiger partial charge in [-0.1, -0.05) is 35.9 Å². The van der Waals surface area contributed by atoms with Crippen molar-refractivity contribution >= 4 is 34.8 Å². The quantitative estimate of drug-likeness (QED) is 0.911. The van der Waals surface area contributed by atoms with Gasteiger partial charge in [-0.25, -0.2) is 0 Å². The summed E-state index contributed by atoms with van der Waals surface area (Å²) < 4.78 is 0. The van der Waals surface area contributed by atoms with Crippen molar-refractivity contribution in [2.24, 2.45) is 0 Å². The van der Waals surface area contributed by atoms with Gasteiger partial charge in [0.15, 0.2) is 0 Å². The molecule has 1 aliphatic rings. The number of nitrogens with zero attached hydrogens (tertiary/aromatic N) is 1. The molecule has 0 bridgehead atoms. The highest BCUT2D eigenvalue weighted by molar-refractivity contribution is 6.31. The smallest absolute Gasteiger partial charge is 0.225 e. The number of hydrogen-bond donors (Lipinski definition) is 1. The van der Waals surface area contributed by atoms with Crippen molar-refractivity contribution in [2.75, 3.05) is 16.8 Å². The van der Waals surface area contributed by atoms with Crippen LogP contribution in [-0.4, -0.2) is 18.4 Å². The largest absolute Gasteiger partial charge is 0.326 e. The number of fused-ring (bicyclic) bond motifs is 1. The number of carbonyl (C=O) groups excluding carboxylic acids is 2. The van der Waals surface area contributed by atoms with Crippen LogP contribution in [0.1, 0.15) is 30.4 Å². The number of halogens is 1. The molecule has 2 aromatic carbocycles. The van der Waals surface area contributed by atoms with Crippen molar-refractivity contribution in [3.05, 3.63) is 58.6 Å². The number of hydrogen-bond acceptors (Lipinski definition) is 2. The molecule has 0 radical (unpaired) electrons. The summed E-state index contributed by atoms with van der Waals surface area (Å²) in [6.45, 7) is 4.01. The van der Waals surface area contributed by atoms with Crippen molar-refractivity contribution in [2.45, 2.75) is 26.2 Å². The predicted octanol–water partition coefficient (Wildman–Crippen LogP) is 4.13. The molecule has 24 heavy (non-hydrogen) atoms. The SMILES string of the molecule is CC(=O)N1CC(CC(=O)Nc2cc(Cl)ccc2C)c2ccccc21. The molecular formula is C19H19ClN2O2. The molecule has 2 aromatic rings. The third-order valence-corrected chi connectivity index (χ3v) is 4.59. The van der Waals surface area contributed by atoms with E-state index in [-0.39, 0.29) is 17.7 Å². The lowest BCUT2D eigenvalue weighted by Crippen LogP contribution is -2.28. The van der Waals surface area contributed by atoms with Crippen LogP contribution < -0.4 is 10.2 Å². The van der Waals surface area contributed by atoms with Gasteiger partial charge in [-0.05, 0) is 36.2 Å². The molecule has 0 aromatic heterocycles. The Balaban J connectivity index is 1.76. The number of nitrogens with one attached hydrogen (secondary N) is 1. The van der Waals surface area contributed by atoms with Crippen LogP contribution in [0.25, 0.3) is 0 Å². The van der Waals surface area contributed by atoms with Crippen LogP contribution in [0, 0.1) is 6.92 Å². The van der Waals surface area contributed by atoms with E-state index in [2.05, 4.69) is 5.32 Å². The summed E-state index contributed by atoms with van der Waals surface area (Å²) >= 11 is 6.00. The van der Waals surface area contributed by atoms with E-state index < -0.39 is 0 Å². The average Bonchev–Trinajstić information content (AvgIpc) is 2.90. The molecule has 1 aliphatic heterocycles. The second-order valence-corrected chi connectivity index (χ2v) is 6.53. The molecule has 1 unspecified atom stereocenters. The van der Waals surface area contributed by atoms with Gasteiger partial charge in [0.25, 0.3) is 0 Å². The summed E-state index contributed by atoms with van der Waals surface area (Å²) in [5.74, 6) is -0.0776. The second kappa shape index (κ2) is 6.65. The van der Waals surface area contributed by atoms with Crippen molar-refractivity contribution in [1.29, 1.82) is 0 Å². The second-order valence-electron chi connectivity index (χ2n) is 6.10. The fourth-order valence-electron chi connectivity index (χ4n) is 3.12. The van der Waals surface area contributed by atoms with Crippen molar-refractivity contribution in [3.8, 4) is 0 Å². The molecule has 124 valence electrons. The Hall–Kier alpha value is -2.33. The Morgan fingerprint density at radius 3 is 2.75 bits per heavy atom. The highest BCUT2D eigenvalue weighted by Gasteiger charge is 2.31. The van der Waals surface area contributed by atoms with Crippen molar-refractivity contribution in [1.82, 2.24) is 0 Å². The number of para-hydroxylation sites is 1. The zero-order chi connectivity index (χ0) is 17.3. The van der Waals surface area contributed by atoms with Gasteiger partial charge in [-0.3, -0.25) is 9.59 Å². The number of carbonyl (C=O) groups is 2. The first-order valence-corrected chi connectivity index (χ1v) is 8.26. The third kappa shape index (κ3) is 3.29. The van der Waals surface area contributed by atoms with Gasteiger partial charge in [0.2, 0.25) is 11.8 Å². The fourth-order valence-corrected chi connectivity index (χ4v) is 3.29. The fraction of sp³-hybridized carbons (Fsp3) is 0.263. The molecule has 1 atom stereocenters. The van der Waals surface area contributed by atoms with Crippen molar-refractivity contribution < 1.29 is 9.59 Å². The topological polar surface area (TPSA) is 49.4 Å². The first-order chi connectivity index (χ1) is 11.5. The summed E-state index contributed by atoms with van der Waals surface area (Å²) in [7, 11) is 0. The molecule has 1 heterocycles. The predicted molar refractivity (Wildman–Crippen MR) is 96.6 cm³/mol. The minimum atomic E-state index is -0.0782. The number of anilines is 2. The summed E-state index contributed by atoms with van der Waals surface area (Å²) in [6, 6.07) is 13.2. The number of amides is 2. The van der Waals surface area contributed by atoms with E-state index in [1.807, 2.05) is 37.3 Å². The Kier molecular flexibility index (Phi) is 4.58. The maximum Gasteiger partial charge on any atom is 0.225 e. The molecule has 0 aliphatic carbocycles. The Labute approximate surface area is 146 Å². The summed E-state index contributed by atoms with van der Waals surface area (Å²) in [4.78, 5) is 26.0. The molecule has 3 rings (SSSR count). The van der Waals surface area contributed by atoms with E-state index in [0.717, 1.165) is 22.5 Å². The highest BCUT2D eigenvalue weighted by Crippen LogP contribution is 2.38. The van der Waals surface area contributed by atoms with E-state index in [0.29, 0.717) is 18.0 Å². The standard InChI is InChI=1S/C19H19ClN2O2/c1-12-7-8-15(20)10-17(12)21-19(24)9-14-11-22(13(2)23)18-6-4-3-5-16(14)18/h3-8,10,14H,9,11H2,1-2H3,(H,21,24). The summed E-state index contributed by atoms with van der Waals surface area (Å²) in [6.07, 6.45) is 0.326. The highest BCUT2D eigenvalue weighted by atomic mass is 35.5. The summed E-state index contributed by atoms with van der Waals surface area (Å²) in [5.41, 5.74) is 3.64. The van der Waals surface area contributed by atoms with E-state index >= 15 is 0 Å². The number of rotatable bonds is 3. The molecule has 0 saturated heterocycles. The first-order valence-electron chi connectivity index (χ1n) is 7.88. The van der Waals surface area contributed by atoms with Crippen LogP contribution in [-0.2, 0) is 9.59 Å². The van der Waals surface area contributed by atoms with Gasteiger partial charge in [0.05, 0.1) is 0 Å². The molecule has 1 N–H and O–H groups in total. The zero-order valence-electron chi connectivity index (χ0n) is 13.7. The van der Waals surface area contributed by atoms with Gasteiger partial charge in [0.1, 0.15) is 0 Å². The third-order valence-electron chi connectivity index (χ3n) is 4.36. The molecule has 4 nitrogen and oxygen atoms in total. The van der Waals surface area contributed by atoms with Gasteiger partial charge >= 0.3 is 0 Å².